The molecule has 0 atom stereocenters. The maximum atomic E-state index is 12.3. The maximum Gasteiger partial charge on any atom is 0.338 e. The third-order valence-electron chi connectivity index (χ3n) is 11.9. The fraction of sp³-hybridized carbons (Fsp3) is 0.345. The van der Waals surface area contributed by atoms with Gasteiger partial charge in [-0.2, -0.15) is 0 Å². The molecule has 0 saturated carbocycles. The number of nitrogens with zero attached hydrogens (tertiary/aromatic N) is 11. The van der Waals surface area contributed by atoms with Gasteiger partial charge in [-0.05, 0) is 142 Å². The van der Waals surface area contributed by atoms with Crippen LogP contribution in [0.15, 0.2) is 163 Å². The van der Waals surface area contributed by atoms with Crippen molar-refractivity contribution in [3.63, 3.8) is 0 Å². The normalized spacial score (nSPS) is 11.6. The van der Waals surface area contributed by atoms with Crippen LogP contribution in [0.1, 0.15) is 113 Å². The maximum absolute atomic E-state index is 12.3. The number of aryl methyl sites for hydroxylation is 2. The zero-order valence-electron chi connectivity index (χ0n) is 44.2. The molecule has 0 aliphatic heterocycles. The molecule has 400 valence electrons. The molecule has 15 nitrogen and oxygen atoms in total. The van der Waals surface area contributed by atoms with E-state index in [1.807, 2.05) is 60.7 Å². The van der Waals surface area contributed by atoms with Crippen LogP contribution in [0.4, 0.5) is 48.7 Å². The third-order valence-corrected chi connectivity index (χ3v) is 15.8. The van der Waals surface area contributed by atoms with E-state index < -0.39 is 5.97 Å². The molecule has 0 saturated heterocycles. The second-order valence-electron chi connectivity index (χ2n) is 17.7. The second-order valence-corrected chi connectivity index (χ2v) is 21.7. The topological polar surface area (TPSA) is 180 Å². The van der Waals surface area contributed by atoms with Crippen LogP contribution in [0.3, 0.4) is 0 Å². The van der Waals surface area contributed by atoms with E-state index >= 15 is 0 Å². The van der Waals surface area contributed by atoms with E-state index in [0.29, 0.717) is 34.7 Å². The van der Waals surface area contributed by atoms with Crippen molar-refractivity contribution < 1.29 is 19.1 Å². The highest BCUT2D eigenvalue weighted by Crippen LogP contribution is 2.41. The van der Waals surface area contributed by atoms with Gasteiger partial charge >= 0.3 is 11.9 Å². The summed E-state index contributed by atoms with van der Waals surface area (Å²) in [6.45, 7) is 14.9. The Morgan fingerprint density at radius 2 is 0.948 bits per heavy atom. The number of hydrogen-bond donors (Lipinski definition) is 0. The number of thiazole rings is 2. The van der Waals surface area contributed by atoms with Gasteiger partial charge in [0.1, 0.15) is 19.7 Å². The van der Waals surface area contributed by atoms with Crippen molar-refractivity contribution in [3.8, 4) is 0 Å². The Morgan fingerprint density at radius 1 is 0.506 bits per heavy atom. The summed E-state index contributed by atoms with van der Waals surface area (Å²) in [5.74, 6) is -0.714. The number of hydrogen-bond acceptors (Lipinski definition) is 19. The number of aromatic nitrogens is 2. The largest absolute Gasteiger partial charge is 0.463 e. The number of anilines is 1. The lowest BCUT2D eigenvalue weighted by molar-refractivity contribution is -0.137. The minimum atomic E-state index is -0.403. The van der Waals surface area contributed by atoms with Crippen LogP contribution in [0, 0.1) is 0 Å². The number of ether oxygens (including phenoxy) is 2. The summed E-state index contributed by atoms with van der Waals surface area (Å²) in [6, 6.07) is 35.1. The van der Waals surface area contributed by atoms with E-state index in [-0.39, 0.29) is 5.97 Å². The van der Waals surface area contributed by atoms with E-state index in [1.165, 1.54) is 102 Å². The van der Waals surface area contributed by atoms with Gasteiger partial charge in [0.15, 0.2) is 0 Å². The fourth-order valence-electron chi connectivity index (χ4n) is 7.66. The van der Waals surface area contributed by atoms with Gasteiger partial charge in [-0.25, -0.2) is 19.6 Å². The summed E-state index contributed by atoms with van der Waals surface area (Å²) in [5.41, 5.74) is 7.24. The Balaban J connectivity index is 0.000000233. The predicted molar refractivity (Wildman–Crippen MR) is 317 cm³/mol. The quantitative estimate of drug-likeness (QED) is 0.0202. The van der Waals surface area contributed by atoms with E-state index in [9.17, 15) is 9.59 Å². The van der Waals surface area contributed by atoms with Gasteiger partial charge in [-0.3, -0.25) is 0 Å². The van der Waals surface area contributed by atoms with Gasteiger partial charge in [0.2, 0.25) is 10.3 Å². The summed E-state index contributed by atoms with van der Waals surface area (Å²) in [4.78, 5) is 36.6. The molecule has 0 spiro atoms. The summed E-state index contributed by atoms with van der Waals surface area (Å²) in [6.07, 6.45) is 14.5. The number of fused-ring (bicyclic) bond motifs is 2. The van der Waals surface area contributed by atoms with E-state index in [4.69, 9.17) is 9.47 Å². The lowest BCUT2D eigenvalue weighted by Crippen LogP contribution is -2.21. The predicted octanol–water partition coefficient (Wildman–Crippen LogP) is 20.1. The van der Waals surface area contributed by atoms with Crippen molar-refractivity contribution in [1.29, 1.82) is 0 Å². The van der Waals surface area contributed by atoms with Crippen LogP contribution in [0.5, 0.6) is 0 Å². The van der Waals surface area contributed by atoms with Gasteiger partial charge < -0.3 is 14.4 Å². The molecule has 4 aromatic carbocycles. The summed E-state index contributed by atoms with van der Waals surface area (Å²) < 4.78 is 12.4. The first-order valence-corrected chi connectivity index (χ1v) is 29.6. The highest BCUT2D eigenvalue weighted by Gasteiger charge is 2.12. The fourth-order valence-corrected chi connectivity index (χ4v) is 11.4. The van der Waals surface area contributed by atoms with Crippen molar-refractivity contribution in [3.05, 3.63) is 139 Å². The zero-order valence-corrected chi connectivity index (χ0v) is 47.4. The van der Waals surface area contributed by atoms with Crippen molar-refractivity contribution >= 4 is 125 Å². The number of thiophene rings is 2. The van der Waals surface area contributed by atoms with Crippen molar-refractivity contribution in [2.75, 3.05) is 31.2 Å². The first-order valence-electron chi connectivity index (χ1n) is 26.3. The zero-order chi connectivity index (χ0) is 54.0. The summed E-state index contributed by atoms with van der Waals surface area (Å²) in [7, 11) is 0. The molecule has 77 heavy (non-hydrogen) atoms. The van der Waals surface area contributed by atoms with Crippen LogP contribution < -0.4 is 4.90 Å². The second kappa shape index (κ2) is 31.2. The number of azo groups is 4. The molecular weight excluding hydrogens is 1040 g/mol. The molecule has 0 N–H and O–H groups in total. The van der Waals surface area contributed by atoms with Crippen LogP contribution >= 0.6 is 45.3 Å². The lowest BCUT2D eigenvalue weighted by Gasteiger charge is -2.20. The van der Waals surface area contributed by atoms with Crippen molar-refractivity contribution in [2.24, 2.45) is 40.9 Å². The SMILES string of the molecule is C=CC(=O)OCCCc1ccc(N=Nc2nc3sc(N=Nc4ccc(C(=O)OCCCCCCCCC)cc4)cc3s2)cc1.CCCCc1ccc(N=Nc2cc3sc(N=Nc4ccc(N(CC)CC)cc4)nc3s2)cc1. The average molecular weight is 1110 g/mol. The van der Waals surface area contributed by atoms with Gasteiger partial charge in [0, 0.05) is 24.9 Å². The van der Waals surface area contributed by atoms with E-state index in [0.717, 1.165) is 103 Å². The van der Waals surface area contributed by atoms with Crippen LogP contribution in [-0.2, 0) is 27.1 Å². The smallest absolute Gasteiger partial charge is 0.338 e. The molecule has 0 radical (unpaired) electrons. The molecule has 0 amide bonds. The van der Waals surface area contributed by atoms with Crippen LogP contribution in [-0.4, -0.2) is 48.2 Å². The Morgan fingerprint density at radius 3 is 1.43 bits per heavy atom. The lowest BCUT2D eigenvalue weighted by atomic mass is 10.1. The molecular formula is C58H65N11O4S4. The summed E-state index contributed by atoms with van der Waals surface area (Å²) in [5, 5.41) is 37.4. The number of unbranched alkanes of at least 4 members (excludes halogenated alkanes) is 7. The Labute approximate surface area is 466 Å². The molecule has 0 bridgehead atoms. The molecule has 0 fully saturated rings. The summed E-state index contributed by atoms with van der Waals surface area (Å²) >= 11 is 5.89. The van der Waals surface area contributed by atoms with E-state index in [2.05, 4.69) is 114 Å². The number of carbonyl (C=O) groups excluding carboxylic acids is 2. The number of rotatable bonds is 28. The first kappa shape index (κ1) is 57.6. The molecule has 0 unspecified atom stereocenters. The standard InChI is InChI=1S/C33H37N5O4S2.C25H28N6S2/c1-3-5-6-7-8-9-10-21-42-32(40)25-15-19-27(20-16-25)35-37-29-23-28-31(44-29)34-33(43-28)38-36-26-17-13-24(14-18-26)12-11-22-41-30(39)4-2;1-4-7-8-18-9-11-19(12-10-18)27-29-23-17-22-24(33-23)26-25(32-22)30-28-20-13-15-21(16-14-20)31(5-2)6-3/h4,13-20,23H,2-3,5-12,21-22H2,1H3;9-17H,4-8H2,1-3H3. The Kier molecular flexibility index (Phi) is 23.4. The van der Waals surface area contributed by atoms with Crippen molar-refractivity contribution in [1.82, 2.24) is 9.97 Å². The molecule has 0 aliphatic carbocycles. The molecule has 4 heterocycles. The Hall–Kier alpha value is -7.06. The monoisotopic (exact) mass is 1110 g/mol. The van der Waals surface area contributed by atoms with Crippen LogP contribution in [0.25, 0.3) is 19.1 Å². The molecule has 4 aromatic heterocycles. The molecule has 8 rings (SSSR count). The van der Waals surface area contributed by atoms with Gasteiger partial charge in [-0.15, -0.1) is 40.9 Å². The first-order chi connectivity index (χ1) is 37.7. The minimum absolute atomic E-state index is 0.310. The molecule has 8 aromatic rings. The third kappa shape index (κ3) is 18.9. The highest BCUT2D eigenvalue weighted by molar-refractivity contribution is 7.31. The Bertz CT molecular complexity index is 3150. The number of carbonyl (C=O) groups is 2. The molecule has 0 aliphatic rings. The van der Waals surface area contributed by atoms with E-state index in [1.54, 1.807) is 24.3 Å². The highest BCUT2D eigenvalue weighted by atomic mass is 32.1. The van der Waals surface area contributed by atoms with Gasteiger partial charge in [0.25, 0.3) is 0 Å². The average Bonchev–Trinajstić information content (AvgIpc) is 4.25. The van der Waals surface area contributed by atoms with Gasteiger partial charge in [0.05, 0.1) is 50.9 Å². The number of esters is 2. The van der Waals surface area contributed by atoms with Crippen molar-refractivity contribution in [2.45, 2.75) is 105 Å². The minimum Gasteiger partial charge on any atom is -0.463 e. The van der Waals surface area contributed by atoms with Crippen LogP contribution in [0.2, 0.25) is 0 Å². The number of benzene rings is 4. The van der Waals surface area contributed by atoms with Gasteiger partial charge in [-0.1, -0.05) is 135 Å². The molecule has 19 heteroatoms.